The third-order valence-electron chi connectivity index (χ3n) is 5.50. The average Bonchev–Trinajstić information content (AvgIpc) is 2.82. The van der Waals surface area contributed by atoms with Gasteiger partial charge in [-0.3, -0.25) is 9.59 Å². The van der Waals surface area contributed by atoms with E-state index >= 15 is 0 Å². The van der Waals surface area contributed by atoms with Crippen LogP contribution >= 0.6 is 0 Å². The number of benzene rings is 1. The summed E-state index contributed by atoms with van der Waals surface area (Å²) in [4.78, 5) is 41.5. The van der Waals surface area contributed by atoms with E-state index in [1.807, 2.05) is 0 Å². The maximum absolute atomic E-state index is 13.4. The van der Waals surface area contributed by atoms with Crippen LogP contribution in [0.15, 0.2) is 30.5 Å². The fourth-order valence-electron chi connectivity index (χ4n) is 3.21. The second kappa shape index (κ2) is 12.0. The lowest BCUT2D eigenvalue weighted by Crippen LogP contribution is -2.41. The summed E-state index contributed by atoms with van der Waals surface area (Å²) < 4.78 is 69.3. The molecule has 8 nitrogen and oxygen atoms in total. The number of nitrogens with zero attached hydrogens (tertiary/aromatic N) is 1. The number of ether oxygens (including phenoxy) is 3. The zero-order valence-electron chi connectivity index (χ0n) is 21.1. The van der Waals surface area contributed by atoms with Crippen molar-refractivity contribution in [3.63, 3.8) is 0 Å². The number of esters is 2. The van der Waals surface area contributed by atoms with Crippen molar-refractivity contribution < 1.29 is 46.2 Å². The minimum atomic E-state index is -4.81. The highest BCUT2D eigenvalue weighted by molar-refractivity contribution is 5.98. The predicted octanol–water partition coefficient (Wildman–Crippen LogP) is 4.66. The van der Waals surface area contributed by atoms with Gasteiger partial charge >= 0.3 is 18.1 Å². The highest BCUT2D eigenvalue weighted by Gasteiger charge is 2.37. The van der Waals surface area contributed by atoms with E-state index in [0.29, 0.717) is 6.07 Å². The van der Waals surface area contributed by atoms with E-state index in [1.165, 1.54) is 40.1 Å². The average molecular weight is 528 g/mol. The number of carbonyl (C=O) groups is 3. The van der Waals surface area contributed by atoms with Crippen molar-refractivity contribution in [1.29, 1.82) is 0 Å². The van der Waals surface area contributed by atoms with Crippen LogP contribution in [0, 0.1) is 11.7 Å². The Balaban J connectivity index is 2.17. The van der Waals surface area contributed by atoms with E-state index in [0.717, 1.165) is 12.1 Å². The second-order valence-electron chi connectivity index (χ2n) is 8.62. The van der Waals surface area contributed by atoms with Gasteiger partial charge in [0.05, 0.1) is 18.6 Å². The van der Waals surface area contributed by atoms with E-state index in [1.54, 1.807) is 13.8 Å². The summed E-state index contributed by atoms with van der Waals surface area (Å²) in [5, 5.41) is 2.36. The summed E-state index contributed by atoms with van der Waals surface area (Å²) in [7, 11) is 1.30. The van der Waals surface area contributed by atoms with Gasteiger partial charge in [0.25, 0.3) is 5.91 Å². The summed E-state index contributed by atoms with van der Waals surface area (Å²) in [6.07, 6.45) is -4.62. The molecule has 0 saturated heterocycles. The van der Waals surface area contributed by atoms with Gasteiger partial charge < -0.3 is 19.5 Å². The molecule has 0 radical (unpaired) electrons. The lowest BCUT2D eigenvalue weighted by molar-refractivity contribution is -0.151. The smallest absolute Gasteiger partial charge is 0.416 e. The quantitative estimate of drug-likeness (QED) is 0.373. The van der Waals surface area contributed by atoms with Gasteiger partial charge in [-0.1, -0.05) is 26.8 Å². The fraction of sp³-hybridized carbons (Fsp3) is 0.440. The number of carbonyl (C=O) groups excluding carboxylic acids is 3. The van der Waals surface area contributed by atoms with Crippen LogP contribution in [0.2, 0.25) is 0 Å². The molecule has 37 heavy (non-hydrogen) atoms. The van der Waals surface area contributed by atoms with E-state index in [9.17, 15) is 31.9 Å². The Kier molecular flexibility index (Phi) is 9.60. The molecule has 0 spiro atoms. The molecular weight excluding hydrogens is 500 g/mol. The first-order chi connectivity index (χ1) is 17.2. The molecule has 0 fully saturated rings. The van der Waals surface area contributed by atoms with Crippen LogP contribution in [0.25, 0.3) is 0 Å². The molecule has 0 unspecified atom stereocenters. The largest absolute Gasteiger partial charge is 0.493 e. The number of alkyl halides is 3. The Morgan fingerprint density at radius 3 is 2.22 bits per heavy atom. The molecule has 3 atom stereocenters. The number of rotatable bonds is 9. The van der Waals surface area contributed by atoms with Crippen molar-refractivity contribution in [2.45, 2.75) is 58.9 Å². The highest BCUT2D eigenvalue weighted by Crippen LogP contribution is 2.37. The first kappa shape index (κ1) is 29.5. The number of hydrogen-bond acceptors (Lipinski definition) is 7. The SMILES string of the molecule is COc1ccnc(C(=O)N[C@@H](C)C(=O)O[C@H](C)[C@H](C)c2ccc(F)cc2C(F)(F)F)c1OC(=O)C(C)C. The molecular formula is C25H28F4N2O6. The number of halogens is 4. The molecule has 1 aromatic heterocycles. The Hall–Kier alpha value is -3.70. The topological polar surface area (TPSA) is 104 Å². The van der Waals surface area contributed by atoms with E-state index < -0.39 is 59.4 Å². The van der Waals surface area contributed by atoms with Crippen molar-refractivity contribution >= 4 is 17.8 Å². The van der Waals surface area contributed by atoms with Gasteiger partial charge in [-0.25, -0.2) is 14.2 Å². The van der Waals surface area contributed by atoms with E-state index in [2.05, 4.69) is 10.3 Å². The molecule has 202 valence electrons. The van der Waals surface area contributed by atoms with Crippen LogP contribution < -0.4 is 14.8 Å². The van der Waals surface area contributed by atoms with E-state index in [4.69, 9.17) is 14.2 Å². The summed E-state index contributed by atoms with van der Waals surface area (Å²) >= 11 is 0. The maximum atomic E-state index is 13.4. The second-order valence-corrected chi connectivity index (χ2v) is 8.62. The number of aromatic nitrogens is 1. The summed E-state index contributed by atoms with van der Waals surface area (Å²) in [5.74, 6) is -5.15. The highest BCUT2D eigenvalue weighted by atomic mass is 19.4. The monoisotopic (exact) mass is 528 g/mol. The standard InChI is InChI=1S/C25H28F4N2O6/c1-12(2)23(33)37-21-19(35-6)9-10-30-20(21)22(32)31-14(4)24(34)36-15(5)13(3)17-8-7-16(26)11-18(17)25(27,28)29/h7-15H,1-6H3,(H,31,32)/t13-,14-,15+/m0/s1. The third-order valence-corrected chi connectivity index (χ3v) is 5.50. The zero-order chi connectivity index (χ0) is 28.1. The normalized spacial score (nSPS) is 13.9. The van der Waals surface area contributed by atoms with Gasteiger partial charge in [0.15, 0.2) is 11.4 Å². The Morgan fingerprint density at radius 2 is 1.65 bits per heavy atom. The van der Waals surface area contributed by atoms with Gasteiger partial charge in [-0.2, -0.15) is 13.2 Å². The molecule has 0 aliphatic rings. The number of methoxy groups -OCH3 is 1. The van der Waals surface area contributed by atoms with Crippen molar-refractivity contribution in [1.82, 2.24) is 10.3 Å². The molecule has 0 saturated carbocycles. The van der Waals surface area contributed by atoms with Crippen molar-refractivity contribution in [3.8, 4) is 11.5 Å². The molecule has 0 aliphatic carbocycles. The van der Waals surface area contributed by atoms with Gasteiger partial charge in [0.1, 0.15) is 18.0 Å². The van der Waals surface area contributed by atoms with Crippen molar-refractivity contribution in [3.05, 3.63) is 53.1 Å². The molecule has 0 aliphatic heterocycles. The van der Waals surface area contributed by atoms with Gasteiger partial charge in [0, 0.05) is 18.2 Å². The molecule has 1 aromatic carbocycles. The number of nitrogens with one attached hydrogen (secondary N) is 1. The summed E-state index contributed by atoms with van der Waals surface area (Å²) in [6, 6.07) is 2.40. The third kappa shape index (κ3) is 7.40. The molecule has 2 rings (SSSR count). The molecule has 12 heteroatoms. The number of hydrogen-bond donors (Lipinski definition) is 1. The fourth-order valence-corrected chi connectivity index (χ4v) is 3.21. The van der Waals surface area contributed by atoms with Crippen LogP contribution in [0.4, 0.5) is 17.6 Å². The molecule has 0 bridgehead atoms. The van der Waals surface area contributed by atoms with Gasteiger partial charge in [0.2, 0.25) is 5.75 Å². The van der Waals surface area contributed by atoms with Crippen LogP contribution in [-0.4, -0.2) is 42.1 Å². The Bertz CT molecular complexity index is 1150. The predicted molar refractivity (Wildman–Crippen MR) is 124 cm³/mol. The Labute approximate surface area is 211 Å². The van der Waals surface area contributed by atoms with Crippen molar-refractivity contribution in [2.24, 2.45) is 5.92 Å². The summed E-state index contributed by atoms with van der Waals surface area (Å²) in [6.45, 7) is 7.27. The minimum Gasteiger partial charge on any atom is -0.493 e. The lowest BCUT2D eigenvalue weighted by atomic mass is 9.91. The zero-order valence-corrected chi connectivity index (χ0v) is 21.1. The molecule has 1 N–H and O–H groups in total. The summed E-state index contributed by atoms with van der Waals surface area (Å²) in [5.41, 5.74) is -1.74. The van der Waals surface area contributed by atoms with E-state index in [-0.39, 0.29) is 22.8 Å². The van der Waals surface area contributed by atoms with Crippen molar-refractivity contribution in [2.75, 3.05) is 7.11 Å². The van der Waals surface area contributed by atoms with Crippen LogP contribution in [0.5, 0.6) is 11.5 Å². The van der Waals surface area contributed by atoms with Gasteiger partial charge in [-0.05, 0) is 31.5 Å². The van der Waals surface area contributed by atoms with Gasteiger partial charge in [-0.15, -0.1) is 0 Å². The maximum Gasteiger partial charge on any atom is 0.416 e. The molecule has 1 amide bonds. The minimum absolute atomic E-state index is 0.0617. The van der Waals surface area contributed by atoms with Crippen LogP contribution in [0.3, 0.4) is 0 Å². The van der Waals surface area contributed by atoms with Crippen LogP contribution in [0.1, 0.15) is 62.2 Å². The lowest BCUT2D eigenvalue weighted by Gasteiger charge is -2.25. The first-order valence-electron chi connectivity index (χ1n) is 11.3. The number of amides is 1. The number of pyridine rings is 1. The molecule has 1 heterocycles. The van der Waals surface area contributed by atoms with Crippen LogP contribution in [-0.2, 0) is 20.5 Å². The molecule has 2 aromatic rings. The first-order valence-corrected chi connectivity index (χ1v) is 11.3. The Morgan fingerprint density at radius 1 is 1.00 bits per heavy atom.